The average Bonchev–Trinajstić information content (AvgIpc) is 2.84. The molecule has 0 spiro atoms. The maximum Gasteiger partial charge on any atom is 0.407 e. The minimum Gasteiger partial charge on any atom is -0.444 e. The Morgan fingerprint density at radius 1 is 1.31 bits per heavy atom. The van der Waals surface area contributed by atoms with Gasteiger partial charge in [-0.3, -0.25) is 4.79 Å². The highest BCUT2D eigenvalue weighted by Crippen LogP contribution is 2.32. The second-order valence-corrected chi connectivity index (χ2v) is 7.80. The van der Waals surface area contributed by atoms with Gasteiger partial charge in [-0.05, 0) is 58.4 Å². The third kappa shape index (κ3) is 5.36. The molecular weight excluding hydrogens is 334 g/mol. The van der Waals surface area contributed by atoms with E-state index >= 15 is 0 Å². The van der Waals surface area contributed by atoms with E-state index in [1.165, 1.54) is 0 Å². The zero-order valence-electron chi connectivity index (χ0n) is 16.1. The second-order valence-electron chi connectivity index (χ2n) is 7.80. The van der Waals surface area contributed by atoms with Crippen molar-refractivity contribution in [1.82, 2.24) is 5.32 Å². The summed E-state index contributed by atoms with van der Waals surface area (Å²) in [5.41, 5.74) is 2.19. The van der Waals surface area contributed by atoms with Crippen LogP contribution in [0, 0.1) is 0 Å². The molecule has 1 aromatic rings. The largest absolute Gasteiger partial charge is 0.444 e. The van der Waals surface area contributed by atoms with Gasteiger partial charge in [0.15, 0.2) is 0 Å². The molecule has 0 aliphatic carbocycles. The van der Waals surface area contributed by atoms with Crippen molar-refractivity contribution < 1.29 is 19.4 Å². The van der Waals surface area contributed by atoms with Crippen LogP contribution in [0.25, 0.3) is 0 Å². The van der Waals surface area contributed by atoms with E-state index < -0.39 is 17.8 Å². The molecule has 3 N–H and O–H groups in total. The Morgan fingerprint density at radius 3 is 2.62 bits per heavy atom. The molecule has 1 aliphatic heterocycles. The first-order valence-corrected chi connectivity index (χ1v) is 8.90. The van der Waals surface area contributed by atoms with Crippen LogP contribution in [0.1, 0.15) is 40.2 Å². The number of rotatable bonds is 6. The first-order chi connectivity index (χ1) is 12.1. The van der Waals surface area contributed by atoms with Crippen molar-refractivity contribution >= 4 is 23.4 Å². The molecule has 0 saturated heterocycles. The van der Waals surface area contributed by atoms with Gasteiger partial charge in [0.25, 0.3) is 0 Å². The van der Waals surface area contributed by atoms with Gasteiger partial charge in [0.2, 0.25) is 5.91 Å². The number of hydrogen-bond acceptors (Lipinski definition) is 5. The van der Waals surface area contributed by atoms with Crippen molar-refractivity contribution in [3.63, 3.8) is 0 Å². The van der Waals surface area contributed by atoms with Gasteiger partial charge in [0, 0.05) is 30.5 Å². The summed E-state index contributed by atoms with van der Waals surface area (Å²) in [6.45, 7) is 9.69. The Balaban J connectivity index is 1.84. The van der Waals surface area contributed by atoms with Gasteiger partial charge in [-0.1, -0.05) is 0 Å². The van der Waals surface area contributed by atoms with Crippen molar-refractivity contribution in [2.45, 2.75) is 58.8 Å². The zero-order valence-corrected chi connectivity index (χ0v) is 16.1. The van der Waals surface area contributed by atoms with Crippen LogP contribution in [0.2, 0.25) is 0 Å². The van der Waals surface area contributed by atoms with Crippen LogP contribution in [-0.4, -0.2) is 47.9 Å². The lowest BCUT2D eigenvalue weighted by Gasteiger charge is -2.22. The Kier molecular flexibility index (Phi) is 6.13. The number of anilines is 2. The van der Waals surface area contributed by atoms with E-state index in [1.54, 1.807) is 25.7 Å². The lowest BCUT2D eigenvalue weighted by atomic mass is 10.1. The van der Waals surface area contributed by atoms with Gasteiger partial charge in [-0.25, -0.2) is 4.79 Å². The topological polar surface area (TPSA) is 90.9 Å². The predicted molar refractivity (Wildman–Crippen MR) is 102 cm³/mol. The number of alkyl carbamates (subject to hydrolysis) is 1. The number of fused-ring (bicyclic) bond motifs is 1. The summed E-state index contributed by atoms with van der Waals surface area (Å²) >= 11 is 0. The molecule has 0 saturated carbocycles. The van der Waals surface area contributed by atoms with Crippen molar-refractivity contribution in [1.29, 1.82) is 0 Å². The summed E-state index contributed by atoms with van der Waals surface area (Å²) in [4.78, 5) is 25.5. The number of amides is 2. The van der Waals surface area contributed by atoms with E-state index in [4.69, 9.17) is 4.74 Å². The lowest BCUT2D eigenvalue weighted by Crippen LogP contribution is -2.39. The van der Waals surface area contributed by atoms with Gasteiger partial charge in [0.05, 0.1) is 12.5 Å². The van der Waals surface area contributed by atoms with E-state index in [2.05, 4.69) is 10.6 Å². The predicted octanol–water partition coefficient (Wildman–Crippen LogP) is 2.28. The highest BCUT2D eigenvalue weighted by molar-refractivity contribution is 6.02. The number of benzene rings is 1. The van der Waals surface area contributed by atoms with E-state index in [1.807, 2.05) is 32.0 Å². The number of aliphatic hydroxyl groups excluding tert-OH is 1. The molecule has 0 aromatic heterocycles. The third-order valence-corrected chi connectivity index (χ3v) is 3.89. The average molecular weight is 363 g/mol. The van der Waals surface area contributed by atoms with E-state index in [9.17, 15) is 14.7 Å². The number of carbonyl (C=O) groups excluding carboxylic acids is 2. The number of ether oxygens (including phenoxy) is 1. The SMILES string of the molecule is CC(C)N1C(=O)Cc2cc(NC[C@H](O)CNC(=O)OC(C)(C)C)ccc21. The fourth-order valence-corrected chi connectivity index (χ4v) is 2.84. The number of aliphatic hydroxyl groups is 1. The standard InChI is InChI=1S/C19H29N3O4/c1-12(2)22-16-7-6-14(8-13(16)9-17(22)24)20-10-15(23)11-21-18(25)26-19(3,4)5/h6-8,12,15,20,23H,9-11H2,1-5H3,(H,21,25)/t15-/m0/s1. The quantitative estimate of drug-likeness (QED) is 0.721. The number of carbonyl (C=O) groups is 2. The summed E-state index contributed by atoms with van der Waals surface area (Å²) < 4.78 is 5.12. The highest BCUT2D eigenvalue weighted by Gasteiger charge is 2.29. The maximum absolute atomic E-state index is 12.1. The Labute approximate surface area is 154 Å². The monoisotopic (exact) mass is 363 g/mol. The van der Waals surface area contributed by atoms with E-state index in [-0.39, 0.29) is 25.0 Å². The molecule has 2 amide bonds. The zero-order chi connectivity index (χ0) is 19.5. The molecule has 7 heteroatoms. The van der Waals surface area contributed by atoms with Crippen LogP contribution >= 0.6 is 0 Å². The summed E-state index contributed by atoms with van der Waals surface area (Å²) in [5, 5.41) is 15.7. The van der Waals surface area contributed by atoms with Gasteiger partial charge >= 0.3 is 6.09 Å². The molecule has 0 fully saturated rings. The molecule has 1 aliphatic rings. The van der Waals surface area contributed by atoms with Gasteiger partial charge in [-0.15, -0.1) is 0 Å². The summed E-state index contributed by atoms with van der Waals surface area (Å²) in [7, 11) is 0. The second kappa shape index (κ2) is 7.95. The summed E-state index contributed by atoms with van der Waals surface area (Å²) in [6.07, 6.45) is -0.919. The van der Waals surface area contributed by atoms with Crippen molar-refractivity contribution in [2.75, 3.05) is 23.3 Å². The lowest BCUT2D eigenvalue weighted by molar-refractivity contribution is -0.117. The number of nitrogens with zero attached hydrogens (tertiary/aromatic N) is 1. The van der Waals surface area contributed by atoms with Gasteiger partial charge in [-0.2, -0.15) is 0 Å². The first-order valence-electron chi connectivity index (χ1n) is 8.90. The smallest absolute Gasteiger partial charge is 0.407 e. The summed E-state index contributed by atoms with van der Waals surface area (Å²) in [5.74, 6) is 0.105. The molecule has 144 valence electrons. The van der Waals surface area contributed by atoms with Crippen molar-refractivity contribution in [3.8, 4) is 0 Å². The minimum absolute atomic E-state index is 0.0897. The van der Waals surface area contributed by atoms with Gasteiger partial charge < -0.3 is 25.4 Å². The van der Waals surface area contributed by atoms with Crippen LogP contribution in [0.5, 0.6) is 0 Å². The van der Waals surface area contributed by atoms with Crippen LogP contribution < -0.4 is 15.5 Å². The van der Waals surface area contributed by atoms with Crippen molar-refractivity contribution in [3.05, 3.63) is 23.8 Å². The van der Waals surface area contributed by atoms with E-state index in [0.717, 1.165) is 16.9 Å². The van der Waals surface area contributed by atoms with Gasteiger partial charge in [0.1, 0.15) is 5.60 Å². The number of nitrogens with one attached hydrogen (secondary N) is 2. The molecule has 0 radical (unpaired) electrons. The Morgan fingerprint density at radius 2 is 2.00 bits per heavy atom. The van der Waals surface area contributed by atoms with Crippen LogP contribution in [0.15, 0.2) is 18.2 Å². The fourth-order valence-electron chi connectivity index (χ4n) is 2.84. The molecule has 2 rings (SSSR count). The fraction of sp³-hybridized carbons (Fsp3) is 0.579. The first kappa shape index (κ1) is 20.0. The molecule has 1 heterocycles. The third-order valence-electron chi connectivity index (χ3n) is 3.89. The highest BCUT2D eigenvalue weighted by atomic mass is 16.6. The molecule has 1 aromatic carbocycles. The molecule has 0 unspecified atom stereocenters. The number of hydrogen-bond donors (Lipinski definition) is 3. The summed E-state index contributed by atoms with van der Waals surface area (Å²) in [6, 6.07) is 5.88. The molecule has 0 bridgehead atoms. The molecule has 26 heavy (non-hydrogen) atoms. The van der Waals surface area contributed by atoms with E-state index in [0.29, 0.717) is 6.42 Å². The normalized spacial score (nSPS) is 15.0. The Hall–Kier alpha value is -2.28. The maximum atomic E-state index is 12.1. The molecule has 1 atom stereocenters. The minimum atomic E-state index is -0.760. The van der Waals surface area contributed by atoms with Crippen LogP contribution in [0.4, 0.5) is 16.2 Å². The van der Waals surface area contributed by atoms with Crippen LogP contribution in [-0.2, 0) is 16.0 Å². The molecular formula is C19H29N3O4. The van der Waals surface area contributed by atoms with Crippen LogP contribution in [0.3, 0.4) is 0 Å². The Bertz CT molecular complexity index is 667. The molecule has 7 nitrogen and oxygen atoms in total. The van der Waals surface area contributed by atoms with Crippen molar-refractivity contribution in [2.24, 2.45) is 0 Å².